The van der Waals surface area contributed by atoms with E-state index < -0.39 is 17.5 Å². The van der Waals surface area contributed by atoms with Crippen LogP contribution in [0.1, 0.15) is 10.5 Å². The number of thiazole rings is 1. The van der Waals surface area contributed by atoms with Crippen LogP contribution in [0.4, 0.5) is 13.9 Å². The number of carbonyl (C=O) groups is 1. The Morgan fingerprint density at radius 2 is 2.05 bits per heavy atom. The largest absolute Gasteiger partial charge is 0.296 e. The lowest BCUT2D eigenvalue weighted by atomic mass is 10.3. The van der Waals surface area contributed by atoms with E-state index in [9.17, 15) is 13.6 Å². The predicted molar refractivity (Wildman–Crippen MR) is 71.7 cm³/mol. The number of fused-ring (bicyclic) bond motifs is 1. The molecule has 7 heteroatoms. The van der Waals surface area contributed by atoms with E-state index in [4.69, 9.17) is 0 Å². The van der Waals surface area contributed by atoms with Gasteiger partial charge in [-0.25, -0.2) is 13.8 Å². The summed E-state index contributed by atoms with van der Waals surface area (Å²) in [4.78, 5) is 19.6. The summed E-state index contributed by atoms with van der Waals surface area (Å²) < 4.78 is 27.1. The maximum Gasteiger partial charge on any atom is 0.276 e. The van der Waals surface area contributed by atoms with Crippen LogP contribution in [-0.2, 0) is 0 Å². The van der Waals surface area contributed by atoms with Gasteiger partial charge in [-0.1, -0.05) is 17.4 Å². The lowest BCUT2D eigenvalue weighted by molar-refractivity contribution is 0.102. The van der Waals surface area contributed by atoms with Crippen molar-refractivity contribution in [3.63, 3.8) is 0 Å². The first-order chi connectivity index (χ1) is 9.65. The van der Waals surface area contributed by atoms with Gasteiger partial charge in [0.15, 0.2) is 16.8 Å². The van der Waals surface area contributed by atoms with Gasteiger partial charge >= 0.3 is 0 Å². The van der Waals surface area contributed by atoms with Crippen LogP contribution in [0.2, 0.25) is 0 Å². The Morgan fingerprint density at radius 3 is 2.80 bits per heavy atom. The molecule has 0 fully saturated rings. The van der Waals surface area contributed by atoms with E-state index in [2.05, 4.69) is 15.3 Å². The molecule has 0 aliphatic rings. The molecule has 3 rings (SSSR count). The molecule has 0 radical (unpaired) electrons. The minimum absolute atomic E-state index is 0.0914. The molecule has 100 valence electrons. The van der Waals surface area contributed by atoms with E-state index in [1.54, 1.807) is 18.2 Å². The van der Waals surface area contributed by atoms with Gasteiger partial charge < -0.3 is 0 Å². The smallest absolute Gasteiger partial charge is 0.276 e. The number of nitrogens with zero attached hydrogens (tertiary/aromatic N) is 2. The first-order valence-corrected chi connectivity index (χ1v) is 6.44. The first kappa shape index (κ1) is 12.6. The lowest BCUT2D eigenvalue weighted by Gasteiger charge is -1.99. The highest BCUT2D eigenvalue weighted by Crippen LogP contribution is 2.28. The summed E-state index contributed by atoms with van der Waals surface area (Å²) in [6, 6.07) is 7.35. The highest BCUT2D eigenvalue weighted by molar-refractivity contribution is 7.22. The first-order valence-electron chi connectivity index (χ1n) is 5.62. The normalized spacial score (nSPS) is 10.7. The van der Waals surface area contributed by atoms with Gasteiger partial charge in [-0.15, -0.1) is 0 Å². The monoisotopic (exact) mass is 291 g/mol. The Labute approximate surface area is 116 Å². The number of benzene rings is 1. The number of amides is 1. The second-order valence-electron chi connectivity index (χ2n) is 3.90. The van der Waals surface area contributed by atoms with Crippen molar-refractivity contribution in [3.8, 4) is 0 Å². The lowest BCUT2D eigenvalue weighted by Crippen LogP contribution is -2.12. The fourth-order valence-corrected chi connectivity index (χ4v) is 2.51. The molecule has 2 heterocycles. The fourth-order valence-electron chi connectivity index (χ4n) is 1.65. The van der Waals surface area contributed by atoms with E-state index in [1.807, 2.05) is 0 Å². The highest BCUT2D eigenvalue weighted by atomic mass is 32.1. The quantitative estimate of drug-likeness (QED) is 0.788. The number of halogens is 2. The number of pyridine rings is 1. The number of nitrogens with one attached hydrogen (secondary N) is 1. The van der Waals surface area contributed by atoms with Gasteiger partial charge in [0, 0.05) is 6.20 Å². The van der Waals surface area contributed by atoms with Gasteiger partial charge in [-0.05, 0) is 24.3 Å². The van der Waals surface area contributed by atoms with E-state index in [0.29, 0.717) is 4.70 Å². The molecule has 0 aliphatic carbocycles. The fraction of sp³-hybridized carbons (Fsp3) is 0. The van der Waals surface area contributed by atoms with E-state index >= 15 is 0 Å². The predicted octanol–water partition coefficient (Wildman–Crippen LogP) is 3.22. The molecule has 0 saturated carbocycles. The molecule has 1 N–H and O–H groups in total. The van der Waals surface area contributed by atoms with Crippen molar-refractivity contribution in [3.05, 3.63) is 53.9 Å². The van der Waals surface area contributed by atoms with Gasteiger partial charge in [-0.2, -0.15) is 0 Å². The Kier molecular flexibility index (Phi) is 3.11. The van der Waals surface area contributed by atoms with E-state index in [1.165, 1.54) is 12.3 Å². The van der Waals surface area contributed by atoms with Gasteiger partial charge in [-0.3, -0.25) is 15.1 Å². The molecule has 0 aliphatic heterocycles. The second-order valence-corrected chi connectivity index (χ2v) is 4.93. The maximum atomic E-state index is 13.5. The molecule has 0 saturated heterocycles. The van der Waals surface area contributed by atoms with Crippen LogP contribution in [0.25, 0.3) is 10.2 Å². The van der Waals surface area contributed by atoms with Crippen LogP contribution < -0.4 is 5.32 Å². The highest BCUT2D eigenvalue weighted by Gasteiger charge is 2.14. The summed E-state index contributed by atoms with van der Waals surface area (Å²) in [5.74, 6) is -2.44. The van der Waals surface area contributed by atoms with Crippen LogP contribution in [0.15, 0.2) is 36.5 Å². The average molecular weight is 291 g/mol. The number of anilines is 1. The zero-order valence-electron chi connectivity index (χ0n) is 9.93. The molecule has 2 aromatic heterocycles. The van der Waals surface area contributed by atoms with Gasteiger partial charge in [0.2, 0.25) is 0 Å². The van der Waals surface area contributed by atoms with Crippen LogP contribution in [-0.4, -0.2) is 15.9 Å². The number of rotatable bonds is 2. The minimum Gasteiger partial charge on any atom is -0.296 e. The zero-order valence-corrected chi connectivity index (χ0v) is 10.7. The van der Waals surface area contributed by atoms with Crippen LogP contribution >= 0.6 is 11.3 Å². The standard InChI is InChI=1S/C13H7F2N3OS/c14-7-4-5-9-11(10(7)15)17-13(20-9)18-12(19)8-3-1-2-6-16-8/h1-6H,(H,17,18,19). The Morgan fingerprint density at radius 1 is 1.20 bits per heavy atom. The molecule has 3 aromatic rings. The molecule has 0 spiro atoms. The van der Waals surface area contributed by atoms with Crippen molar-refractivity contribution >= 4 is 32.6 Å². The van der Waals surface area contributed by atoms with Gasteiger partial charge in [0.05, 0.1) is 4.70 Å². The molecule has 1 amide bonds. The number of aromatic nitrogens is 2. The summed E-state index contributed by atoms with van der Waals surface area (Å²) >= 11 is 1.07. The molecule has 20 heavy (non-hydrogen) atoms. The molecule has 0 atom stereocenters. The topological polar surface area (TPSA) is 54.9 Å². The third kappa shape index (κ3) is 2.23. The van der Waals surface area contributed by atoms with Crippen LogP contribution in [0.3, 0.4) is 0 Å². The third-order valence-corrected chi connectivity index (χ3v) is 3.51. The average Bonchev–Trinajstić information content (AvgIpc) is 2.87. The molecule has 0 bridgehead atoms. The maximum absolute atomic E-state index is 13.5. The van der Waals surface area contributed by atoms with E-state index in [-0.39, 0.29) is 16.3 Å². The number of hydrogen-bond acceptors (Lipinski definition) is 4. The number of carbonyl (C=O) groups excluding carboxylic acids is 1. The van der Waals surface area contributed by atoms with Crippen molar-refractivity contribution in [1.82, 2.24) is 9.97 Å². The summed E-state index contributed by atoms with van der Waals surface area (Å²) in [5, 5.41) is 2.71. The summed E-state index contributed by atoms with van der Waals surface area (Å²) in [5.41, 5.74) is 0.129. The van der Waals surface area contributed by atoms with Crippen LogP contribution in [0, 0.1) is 11.6 Å². The molecular weight excluding hydrogens is 284 g/mol. The van der Waals surface area contributed by atoms with Crippen molar-refractivity contribution in [2.45, 2.75) is 0 Å². The van der Waals surface area contributed by atoms with Crippen molar-refractivity contribution < 1.29 is 13.6 Å². The molecule has 1 aromatic carbocycles. The molecule has 4 nitrogen and oxygen atoms in total. The minimum atomic E-state index is -1.02. The van der Waals surface area contributed by atoms with Crippen molar-refractivity contribution in [1.29, 1.82) is 0 Å². The van der Waals surface area contributed by atoms with Crippen molar-refractivity contribution in [2.75, 3.05) is 5.32 Å². The van der Waals surface area contributed by atoms with Crippen molar-refractivity contribution in [2.24, 2.45) is 0 Å². The summed E-state index contributed by atoms with van der Waals surface area (Å²) in [6.45, 7) is 0. The van der Waals surface area contributed by atoms with E-state index in [0.717, 1.165) is 17.4 Å². The molecular formula is C13H7F2N3OS. The second kappa shape index (κ2) is 4.93. The van der Waals surface area contributed by atoms with Gasteiger partial charge in [0.25, 0.3) is 5.91 Å². The SMILES string of the molecule is O=C(Nc1nc2c(F)c(F)ccc2s1)c1ccccn1. The van der Waals surface area contributed by atoms with Gasteiger partial charge in [0.1, 0.15) is 11.2 Å². The Bertz CT molecular complexity index is 789. The molecule has 0 unspecified atom stereocenters. The Hall–Kier alpha value is -2.41. The zero-order chi connectivity index (χ0) is 14.1. The third-order valence-electron chi connectivity index (χ3n) is 2.57. The summed E-state index contributed by atoms with van der Waals surface area (Å²) in [6.07, 6.45) is 1.49. The van der Waals surface area contributed by atoms with Crippen LogP contribution in [0.5, 0.6) is 0 Å². The Balaban J connectivity index is 1.92. The number of hydrogen-bond donors (Lipinski definition) is 1. The summed E-state index contributed by atoms with van der Waals surface area (Å²) in [7, 11) is 0.